The SMILES string of the molecule is Cc1cccc(C(=O)N2CCCC2c2[nH]ncc2C(N)=O)n1. The van der Waals surface area contributed by atoms with E-state index < -0.39 is 5.91 Å². The van der Waals surface area contributed by atoms with E-state index in [1.165, 1.54) is 6.20 Å². The Morgan fingerprint density at radius 3 is 2.95 bits per heavy atom. The van der Waals surface area contributed by atoms with Gasteiger partial charge in [0.1, 0.15) is 5.69 Å². The Bertz CT molecular complexity index is 724. The first-order valence-electron chi connectivity index (χ1n) is 7.15. The van der Waals surface area contributed by atoms with Crippen LogP contribution in [0.1, 0.15) is 51.1 Å². The standard InChI is InChI=1S/C15H17N5O2/c1-9-4-2-5-11(18-9)15(22)20-7-3-6-12(20)13-10(14(16)21)8-17-19-13/h2,4-5,8,12H,3,6-7H2,1H3,(H2,16,21)(H,17,19). The van der Waals surface area contributed by atoms with Crippen molar-refractivity contribution in [2.24, 2.45) is 5.73 Å². The fourth-order valence-electron chi connectivity index (χ4n) is 2.87. The average Bonchev–Trinajstić information content (AvgIpc) is 3.14. The number of carbonyl (C=O) groups is 2. The van der Waals surface area contributed by atoms with Gasteiger partial charge in [0.25, 0.3) is 11.8 Å². The molecule has 22 heavy (non-hydrogen) atoms. The number of aromatic amines is 1. The molecule has 1 aliphatic rings. The summed E-state index contributed by atoms with van der Waals surface area (Å²) in [6.45, 7) is 2.47. The molecule has 3 N–H and O–H groups in total. The van der Waals surface area contributed by atoms with E-state index in [9.17, 15) is 9.59 Å². The van der Waals surface area contributed by atoms with E-state index in [4.69, 9.17) is 5.73 Å². The largest absolute Gasteiger partial charge is 0.365 e. The summed E-state index contributed by atoms with van der Waals surface area (Å²) in [4.78, 5) is 30.2. The minimum absolute atomic E-state index is 0.142. The Labute approximate surface area is 127 Å². The number of aromatic nitrogens is 3. The summed E-state index contributed by atoms with van der Waals surface area (Å²) in [7, 11) is 0. The van der Waals surface area contributed by atoms with Crippen molar-refractivity contribution in [2.75, 3.05) is 6.54 Å². The molecule has 2 aromatic heterocycles. The first-order valence-corrected chi connectivity index (χ1v) is 7.15. The Morgan fingerprint density at radius 1 is 1.41 bits per heavy atom. The van der Waals surface area contributed by atoms with E-state index in [2.05, 4.69) is 15.2 Å². The Balaban J connectivity index is 1.92. The van der Waals surface area contributed by atoms with Gasteiger partial charge in [0.05, 0.1) is 23.5 Å². The topological polar surface area (TPSA) is 105 Å². The smallest absolute Gasteiger partial charge is 0.273 e. The van der Waals surface area contributed by atoms with Crippen molar-refractivity contribution in [1.29, 1.82) is 0 Å². The van der Waals surface area contributed by atoms with Crippen LogP contribution in [-0.2, 0) is 0 Å². The fourth-order valence-corrected chi connectivity index (χ4v) is 2.87. The number of hydrogen-bond acceptors (Lipinski definition) is 4. The van der Waals surface area contributed by atoms with Crippen LogP contribution in [0.3, 0.4) is 0 Å². The van der Waals surface area contributed by atoms with Gasteiger partial charge in [0.2, 0.25) is 0 Å². The molecule has 7 nitrogen and oxygen atoms in total. The van der Waals surface area contributed by atoms with Crippen LogP contribution in [0.15, 0.2) is 24.4 Å². The lowest BCUT2D eigenvalue weighted by Gasteiger charge is -2.24. The molecule has 3 rings (SSSR count). The molecule has 3 heterocycles. The number of amides is 2. The second-order valence-electron chi connectivity index (χ2n) is 5.38. The van der Waals surface area contributed by atoms with Gasteiger partial charge in [-0.1, -0.05) is 6.07 Å². The molecule has 0 spiro atoms. The molecule has 7 heteroatoms. The summed E-state index contributed by atoms with van der Waals surface area (Å²) >= 11 is 0. The van der Waals surface area contributed by atoms with E-state index in [1.54, 1.807) is 11.0 Å². The van der Waals surface area contributed by atoms with Gasteiger partial charge in [-0.3, -0.25) is 14.7 Å². The van der Waals surface area contributed by atoms with Crippen LogP contribution in [0.25, 0.3) is 0 Å². The van der Waals surface area contributed by atoms with Gasteiger partial charge in [-0.15, -0.1) is 0 Å². The van der Waals surface area contributed by atoms with Gasteiger partial charge in [-0.05, 0) is 31.9 Å². The molecule has 114 valence electrons. The molecule has 0 aliphatic carbocycles. The molecule has 1 aliphatic heterocycles. The fraction of sp³-hybridized carbons (Fsp3) is 0.333. The second kappa shape index (κ2) is 5.59. The van der Waals surface area contributed by atoms with Gasteiger partial charge in [-0.25, -0.2) is 4.98 Å². The first kappa shape index (κ1) is 14.2. The lowest BCUT2D eigenvalue weighted by molar-refractivity contribution is 0.0724. The number of aryl methyl sites for hydroxylation is 1. The van der Waals surface area contributed by atoms with E-state index in [-0.39, 0.29) is 11.9 Å². The van der Waals surface area contributed by atoms with Crippen molar-refractivity contribution in [3.8, 4) is 0 Å². The Kier molecular flexibility index (Phi) is 3.62. The maximum atomic E-state index is 12.7. The molecule has 1 atom stereocenters. The van der Waals surface area contributed by atoms with Gasteiger partial charge in [0.15, 0.2) is 0 Å². The summed E-state index contributed by atoms with van der Waals surface area (Å²) in [5.74, 6) is -0.687. The molecule has 0 radical (unpaired) electrons. The highest BCUT2D eigenvalue weighted by atomic mass is 16.2. The number of rotatable bonds is 3. The zero-order valence-corrected chi connectivity index (χ0v) is 12.2. The predicted octanol–water partition coefficient (Wildman–Crippen LogP) is 1.19. The van der Waals surface area contributed by atoms with E-state index in [0.717, 1.165) is 18.5 Å². The van der Waals surface area contributed by atoms with Crippen LogP contribution in [-0.4, -0.2) is 38.4 Å². The highest BCUT2D eigenvalue weighted by Crippen LogP contribution is 2.33. The van der Waals surface area contributed by atoms with Crippen molar-refractivity contribution in [2.45, 2.75) is 25.8 Å². The summed E-state index contributed by atoms with van der Waals surface area (Å²) in [6.07, 6.45) is 3.03. The van der Waals surface area contributed by atoms with Gasteiger partial charge < -0.3 is 10.6 Å². The summed E-state index contributed by atoms with van der Waals surface area (Å²) < 4.78 is 0. The molecule has 0 bridgehead atoms. The highest BCUT2D eigenvalue weighted by Gasteiger charge is 2.34. The number of nitrogens with one attached hydrogen (secondary N) is 1. The third-order valence-corrected chi connectivity index (χ3v) is 3.89. The van der Waals surface area contributed by atoms with E-state index >= 15 is 0 Å². The molecule has 1 unspecified atom stereocenters. The monoisotopic (exact) mass is 299 g/mol. The number of pyridine rings is 1. The predicted molar refractivity (Wildman–Crippen MR) is 79.1 cm³/mol. The minimum atomic E-state index is -0.545. The molecular formula is C15H17N5O2. The number of hydrogen-bond donors (Lipinski definition) is 2. The van der Waals surface area contributed by atoms with E-state index in [1.807, 2.05) is 19.1 Å². The maximum absolute atomic E-state index is 12.7. The van der Waals surface area contributed by atoms with Crippen LogP contribution in [0.5, 0.6) is 0 Å². The molecule has 2 aromatic rings. The summed E-state index contributed by atoms with van der Waals surface area (Å²) in [5, 5.41) is 6.70. The third kappa shape index (κ3) is 2.45. The average molecular weight is 299 g/mol. The highest BCUT2D eigenvalue weighted by molar-refractivity contribution is 5.95. The van der Waals surface area contributed by atoms with Gasteiger partial charge >= 0.3 is 0 Å². The van der Waals surface area contributed by atoms with Crippen LogP contribution in [0.2, 0.25) is 0 Å². The van der Waals surface area contributed by atoms with Crippen LogP contribution >= 0.6 is 0 Å². The molecule has 0 aromatic carbocycles. The number of nitrogens with two attached hydrogens (primary N) is 1. The lowest BCUT2D eigenvalue weighted by Crippen LogP contribution is -2.32. The zero-order valence-electron chi connectivity index (χ0n) is 12.2. The second-order valence-corrected chi connectivity index (χ2v) is 5.38. The minimum Gasteiger partial charge on any atom is -0.365 e. The van der Waals surface area contributed by atoms with Gasteiger partial charge in [0, 0.05) is 12.2 Å². The number of carbonyl (C=O) groups excluding carboxylic acids is 2. The number of H-pyrrole nitrogens is 1. The van der Waals surface area contributed by atoms with Crippen molar-refractivity contribution in [3.63, 3.8) is 0 Å². The molecular weight excluding hydrogens is 282 g/mol. The Morgan fingerprint density at radius 2 is 2.23 bits per heavy atom. The number of nitrogens with zero attached hydrogens (tertiary/aromatic N) is 3. The molecule has 2 amide bonds. The maximum Gasteiger partial charge on any atom is 0.273 e. The van der Waals surface area contributed by atoms with Crippen molar-refractivity contribution in [3.05, 3.63) is 47.0 Å². The summed E-state index contributed by atoms with van der Waals surface area (Å²) in [5.41, 5.74) is 7.50. The van der Waals surface area contributed by atoms with Crippen LogP contribution in [0, 0.1) is 6.92 Å². The normalized spacial score (nSPS) is 17.7. The summed E-state index contributed by atoms with van der Waals surface area (Å²) in [6, 6.07) is 5.14. The quantitative estimate of drug-likeness (QED) is 0.888. The van der Waals surface area contributed by atoms with Crippen molar-refractivity contribution < 1.29 is 9.59 Å². The molecule has 0 saturated carbocycles. The molecule has 1 fully saturated rings. The zero-order chi connectivity index (χ0) is 15.7. The first-order chi connectivity index (χ1) is 10.6. The van der Waals surface area contributed by atoms with Crippen LogP contribution in [0.4, 0.5) is 0 Å². The van der Waals surface area contributed by atoms with Crippen molar-refractivity contribution in [1.82, 2.24) is 20.1 Å². The third-order valence-electron chi connectivity index (χ3n) is 3.89. The van der Waals surface area contributed by atoms with Crippen molar-refractivity contribution >= 4 is 11.8 Å². The molecule has 1 saturated heterocycles. The lowest BCUT2D eigenvalue weighted by atomic mass is 10.1. The van der Waals surface area contributed by atoms with Crippen LogP contribution < -0.4 is 5.73 Å². The Hall–Kier alpha value is -2.70. The number of primary amides is 1. The van der Waals surface area contributed by atoms with E-state index in [0.29, 0.717) is 23.5 Å². The number of likely N-dealkylation sites (tertiary alicyclic amines) is 1. The van der Waals surface area contributed by atoms with Gasteiger partial charge in [-0.2, -0.15) is 5.10 Å².